The number of nitrogens with one attached hydrogen (secondary N) is 2. The van der Waals surface area contributed by atoms with Crippen LogP contribution in [0.5, 0.6) is 0 Å². The van der Waals surface area contributed by atoms with Crippen molar-refractivity contribution in [1.82, 2.24) is 10.0 Å². The normalized spacial score (nSPS) is 11.5. The first kappa shape index (κ1) is 31.9. The van der Waals surface area contributed by atoms with Crippen LogP contribution < -0.4 is 10.0 Å². The molecule has 0 saturated heterocycles. The summed E-state index contributed by atoms with van der Waals surface area (Å²) in [6.07, 6.45) is 18.3. The minimum atomic E-state index is -3.58. The standard InChI is InChI=1S/C25H50N2O5S/c1-3-4-5-6-7-8-9-10-11-12-13-14-16-20-25(29)27-33(30,31)23-18-15-17-19-24(28)26-21-22-32-2/h3-23H2,1-2H3,(H,26,28)(H,27,29). The van der Waals surface area contributed by atoms with Crippen LogP contribution in [0.3, 0.4) is 0 Å². The smallest absolute Gasteiger partial charge is 0.234 e. The number of unbranched alkanes of at least 4 members (excludes halogenated alkanes) is 14. The van der Waals surface area contributed by atoms with E-state index in [0.29, 0.717) is 38.8 Å². The molecule has 0 aromatic rings. The van der Waals surface area contributed by atoms with Crippen LogP contribution >= 0.6 is 0 Å². The summed E-state index contributed by atoms with van der Waals surface area (Å²) in [6.45, 7) is 3.20. The molecule has 0 fully saturated rings. The Labute approximate surface area is 203 Å². The van der Waals surface area contributed by atoms with Crippen LogP contribution in [-0.2, 0) is 24.3 Å². The van der Waals surface area contributed by atoms with Gasteiger partial charge in [0.2, 0.25) is 21.8 Å². The summed E-state index contributed by atoms with van der Waals surface area (Å²) in [5.74, 6) is -0.542. The van der Waals surface area contributed by atoms with E-state index >= 15 is 0 Å². The van der Waals surface area contributed by atoms with Crippen LogP contribution in [0.15, 0.2) is 0 Å². The maximum atomic E-state index is 12.0. The number of methoxy groups -OCH3 is 1. The largest absolute Gasteiger partial charge is 0.383 e. The molecule has 0 aromatic heterocycles. The van der Waals surface area contributed by atoms with E-state index in [1.165, 1.54) is 64.2 Å². The minimum Gasteiger partial charge on any atom is -0.383 e. The lowest BCUT2D eigenvalue weighted by Crippen LogP contribution is -2.32. The van der Waals surface area contributed by atoms with Gasteiger partial charge in [-0.3, -0.25) is 14.3 Å². The monoisotopic (exact) mass is 490 g/mol. The molecule has 33 heavy (non-hydrogen) atoms. The molecule has 0 radical (unpaired) electrons. The van der Waals surface area contributed by atoms with Crippen molar-refractivity contribution in [2.24, 2.45) is 0 Å². The summed E-state index contributed by atoms with van der Waals surface area (Å²) in [7, 11) is -2.01. The van der Waals surface area contributed by atoms with Crippen molar-refractivity contribution in [1.29, 1.82) is 0 Å². The van der Waals surface area contributed by atoms with E-state index in [1.807, 2.05) is 0 Å². The number of hydrogen-bond acceptors (Lipinski definition) is 5. The summed E-state index contributed by atoms with van der Waals surface area (Å²) in [4.78, 5) is 23.5. The maximum Gasteiger partial charge on any atom is 0.234 e. The van der Waals surface area contributed by atoms with Gasteiger partial charge in [0.15, 0.2) is 0 Å². The SMILES string of the molecule is CCCCCCCCCCCCCCCC(=O)NS(=O)(=O)CCCCCC(=O)NCCOC. The Kier molecular flexibility index (Phi) is 21.8. The van der Waals surface area contributed by atoms with E-state index in [4.69, 9.17) is 4.74 Å². The first-order chi connectivity index (χ1) is 15.9. The maximum absolute atomic E-state index is 12.0. The fraction of sp³-hybridized carbons (Fsp3) is 0.920. The van der Waals surface area contributed by atoms with E-state index in [0.717, 1.165) is 19.3 Å². The quantitative estimate of drug-likeness (QED) is 0.180. The molecule has 0 rings (SSSR count). The molecule has 7 nitrogen and oxygen atoms in total. The summed E-state index contributed by atoms with van der Waals surface area (Å²) >= 11 is 0. The Morgan fingerprint density at radius 2 is 1.12 bits per heavy atom. The Morgan fingerprint density at radius 3 is 1.64 bits per heavy atom. The lowest BCUT2D eigenvalue weighted by molar-refractivity contribution is -0.121. The molecule has 0 aliphatic carbocycles. The van der Waals surface area contributed by atoms with Gasteiger partial charge in [0.05, 0.1) is 12.4 Å². The highest BCUT2D eigenvalue weighted by molar-refractivity contribution is 7.90. The van der Waals surface area contributed by atoms with Gasteiger partial charge >= 0.3 is 0 Å². The van der Waals surface area contributed by atoms with E-state index in [9.17, 15) is 18.0 Å². The van der Waals surface area contributed by atoms with Gasteiger partial charge in [0.25, 0.3) is 0 Å². The number of sulfonamides is 1. The van der Waals surface area contributed by atoms with Crippen LogP contribution in [0.25, 0.3) is 0 Å². The Balaban J connectivity index is 3.56. The second-order valence-corrected chi connectivity index (χ2v) is 10.8. The molecule has 0 atom stereocenters. The molecular formula is C25H50N2O5S. The number of hydrogen-bond donors (Lipinski definition) is 2. The Bertz CT molecular complexity index is 581. The van der Waals surface area contributed by atoms with Crippen molar-refractivity contribution in [2.75, 3.05) is 26.0 Å². The van der Waals surface area contributed by atoms with Gasteiger partial charge in [0.1, 0.15) is 0 Å². The zero-order chi connectivity index (χ0) is 24.6. The van der Waals surface area contributed by atoms with Gasteiger partial charge in [-0.1, -0.05) is 90.4 Å². The molecular weight excluding hydrogens is 440 g/mol. The lowest BCUT2D eigenvalue weighted by atomic mass is 10.0. The van der Waals surface area contributed by atoms with Gasteiger partial charge in [-0.05, 0) is 19.3 Å². The summed E-state index contributed by atoms with van der Waals surface area (Å²) in [5.41, 5.74) is 0. The number of ether oxygens (including phenoxy) is 1. The molecule has 2 N–H and O–H groups in total. The summed E-state index contributed by atoms with van der Waals surface area (Å²) in [6, 6.07) is 0. The zero-order valence-electron chi connectivity index (χ0n) is 21.3. The van der Waals surface area contributed by atoms with Crippen LogP contribution in [0.1, 0.15) is 122 Å². The van der Waals surface area contributed by atoms with Crippen molar-refractivity contribution in [3.8, 4) is 0 Å². The highest BCUT2D eigenvalue weighted by Gasteiger charge is 2.14. The van der Waals surface area contributed by atoms with Crippen molar-refractivity contribution in [3.63, 3.8) is 0 Å². The number of carbonyl (C=O) groups is 2. The second-order valence-electron chi connectivity index (χ2n) is 8.99. The molecule has 0 aliphatic heterocycles. The topological polar surface area (TPSA) is 102 Å². The highest BCUT2D eigenvalue weighted by atomic mass is 32.2. The third kappa shape index (κ3) is 23.8. The fourth-order valence-corrected chi connectivity index (χ4v) is 4.85. The zero-order valence-corrected chi connectivity index (χ0v) is 22.1. The lowest BCUT2D eigenvalue weighted by Gasteiger charge is -2.07. The third-order valence-electron chi connectivity index (χ3n) is 5.72. The first-order valence-electron chi connectivity index (χ1n) is 13.2. The van der Waals surface area contributed by atoms with Gasteiger partial charge in [-0.2, -0.15) is 0 Å². The molecule has 0 bridgehead atoms. The molecule has 0 heterocycles. The minimum absolute atomic E-state index is 0.0546. The third-order valence-corrected chi connectivity index (χ3v) is 7.09. The van der Waals surface area contributed by atoms with E-state index < -0.39 is 15.9 Å². The second kappa shape index (κ2) is 22.6. The van der Waals surface area contributed by atoms with Gasteiger partial charge in [0, 0.05) is 26.5 Å². The van der Waals surface area contributed by atoms with Gasteiger partial charge in [-0.15, -0.1) is 0 Å². The molecule has 196 valence electrons. The van der Waals surface area contributed by atoms with E-state index in [1.54, 1.807) is 7.11 Å². The number of carbonyl (C=O) groups excluding carboxylic acids is 2. The Morgan fingerprint density at radius 1 is 0.667 bits per heavy atom. The molecule has 0 saturated carbocycles. The molecule has 8 heteroatoms. The highest BCUT2D eigenvalue weighted by Crippen LogP contribution is 2.13. The fourth-order valence-electron chi connectivity index (χ4n) is 3.71. The van der Waals surface area contributed by atoms with Crippen LogP contribution in [0, 0.1) is 0 Å². The molecule has 0 unspecified atom stereocenters. The Hall–Kier alpha value is -1.15. The van der Waals surface area contributed by atoms with Crippen LogP contribution in [0.4, 0.5) is 0 Å². The molecule has 0 aliphatic rings. The van der Waals surface area contributed by atoms with E-state index in [2.05, 4.69) is 17.0 Å². The number of amides is 2. The molecule has 0 aromatic carbocycles. The van der Waals surface area contributed by atoms with Gasteiger partial charge < -0.3 is 10.1 Å². The van der Waals surface area contributed by atoms with Gasteiger partial charge in [-0.25, -0.2) is 8.42 Å². The summed E-state index contributed by atoms with van der Waals surface area (Å²) < 4.78 is 31.1. The predicted molar refractivity (Wildman–Crippen MR) is 136 cm³/mol. The van der Waals surface area contributed by atoms with Crippen LogP contribution in [0.2, 0.25) is 0 Å². The van der Waals surface area contributed by atoms with Crippen molar-refractivity contribution >= 4 is 21.8 Å². The summed E-state index contributed by atoms with van der Waals surface area (Å²) in [5, 5.41) is 2.73. The average Bonchev–Trinajstić information content (AvgIpc) is 2.76. The first-order valence-corrected chi connectivity index (χ1v) is 14.9. The van der Waals surface area contributed by atoms with Crippen molar-refractivity contribution in [2.45, 2.75) is 122 Å². The van der Waals surface area contributed by atoms with Crippen molar-refractivity contribution in [3.05, 3.63) is 0 Å². The van der Waals surface area contributed by atoms with E-state index in [-0.39, 0.29) is 18.1 Å². The predicted octanol–water partition coefficient (Wildman–Crippen LogP) is 5.24. The number of rotatable bonds is 24. The van der Waals surface area contributed by atoms with Crippen molar-refractivity contribution < 1.29 is 22.7 Å². The average molecular weight is 491 g/mol. The molecule has 0 spiro atoms. The molecule has 2 amide bonds. The van der Waals surface area contributed by atoms with Crippen LogP contribution in [-0.4, -0.2) is 46.2 Å².